The van der Waals surface area contributed by atoms with Crippen molar-refractivity contribution < 1.29 is 9.63 Å². The Bertz CT molecular complexity index is 623. The van der Waals surface area contributed by atoms with Crippen LogP contribution in [0.15, 0.2) is 48.5 Å². The van der Waals surface area contributed by atoms with E-state index >= 15 is 0 Å². The minimum Gasteiger partial charge on any atom is -0.344 e. The van der Waals surface area contributed by atoms with E-state index in [4.69, 9.17) is 4.84 Å². The first-order chi connectivity index (χ1) is 10.0. The van der Waals surface area contributed by atoms with Crippen molar-refractivity contribution in [1.29, 1.82) is 0 Å². The van der Waals surface area contributed by atoms with Crippen molar-refractivity contribution in [2.45, 2.75) is 6.92 Å². The molecule has 0 aliphatic carbocycles. The Balaban J connectivity index is 2.39. The molecule has 0 fully saturated rings. The lowest BCUT2D eigenvalue weighted by Crippen LogP contribution is -2.27. The number of hydrogen-bond donors (Lipinski definition) is 0. The Morgan fingerprint density at radius 2 is 1.62 bits per heavy atom. The molecule has 0 atom stereocenters. The summed E-state index contributed by atoms with van der Waals surface area (Å²) in [4.78, 5) is 19.3. The Kier molecular flexibility index (Phi) is 4.60. The molecule has 1 amide bonds. The zero-order valence-electron chi connectivity index (χ0n) is 12.8. The second kappa shape index (κ2) is 6.41. The van der Waals surface area contributed by atoms with Gasteiger partial charge in [0.15, 0.2) is 0 Å². The molecule has 0 N–H and O–H groups in total. The zero-order chi connectivity index (χ0) is 15.4. The van der Waals surface area contributed by atoms with Gasteiger partial charge in [-0.2, -0.15) is 0 Å². The molecule has 0 aliphatic rings. The first kappa shape index (κ1) is 15.1. The normalized spacial score (nSPS) is 10.3. The van der Waals surface area contributed by atoms with Crippen LogP contribution in [0.2, 0.25) is 0 Å². The molecular formula is C17H20N2O2. The van der Waals surface area contributed by atoms with E-state index in [1.54, 1.807) is 13.1 Å². The van der Waals surface area contributed by atoms with Crippen molar-refractivity contribution in [3.63, 3.8) is 0 Å². The van der Waals surface area contributed by atoms with Crippen molar-refractivity contribution >= 4 is 17.3 Å². The van der Waals surface area contributed by atoms with Crippen LogP contribution in [-0.2, 0) is 4.84 Å². The monoisotopic (exact) mass is 284 g/mol. The van der Waals surface area contributed by atoms with Crippen molar-refractivity contribution in [1.82, 2.24) is 5.06 Å². The van der Waals surface area contributed by atoms with Crippen LogP contribution < -0.4 is 4.90 Å². The largest absolute Gasteiger partial charge is 0.344 e. The molecule has 0 aromatic heterocycles. The van der Waals surface area contributed by atoms with Gasteiger partial charge < -0.3 is 4.90 Å². The number of hydrogen-bond acceptors (Lipinski definition) is 3. The van der Waals surface area contributed by atoms with Crippen LogP contribution in [0.5, 0.6) is 0 Å². The van der Waals surface area contributed by atoms with Gasteiger partial charge in [-0.05, 0) is 31.2 Å². The fraction of sp³-hybridized carbons (Fsp3) is 0.235. The molecule has 0 saturated carbocycles. The van der Waals surface area contributed by atoms with Crippen molar-refractivity contribution in [3.8, 4) is 0 Å². The van der Waals surface area contributed by atoms with Crippen molar-refractivity contribution in [2.24, 2.45) is 0 Å². The van der Waals surface area contributed by atoms with Gasteiger partial charge in [-0.25, -0.2) is 5.06 Å². The van der Waals surface area contributed by atoms with E-state index in [1.807, 2.05) is 42.3 Å². The fourth-order valence-electron chi connectivity index (χ4n) is 2.11. The van der Waals surface area contributed by atoms with Gasteiger partial charge in [0.05, 0.1) is 18.4 Å². The molecule has 4 nitrogen and oxygen atoms in total. The van der Waals surface area contributed by atoms with Gasteiger partial charge >= 0.3 is 0 Å². The van der Waals surface area contributed by atoms with Crippen LogP contribution in [-0.4, -0.2) is 32.2 Å². The summed E-state index contributed by atoms with van der Waals surface area (Å²) in [5.41, 5.74) is 3.68. The third-order valence-corrected chi connectivity index (χ3v) is 3.48. The minimum atomic E-state index is -0.174. The molecule has 0 saturated heterocycles. The van der Waals surface area contributed by atoms with Gasteiger partial charge in [0.1, 0.15) is 0 Å². The van der Waals surface area contributed by atoms with E-state index in [2.05, 4.69) is 19.1 Å². The molecule has 21 heavy (non-hydrogen) atoms. The third-order valence-electron chi connectivity index (χ3n) is 3.48. The summed E-state index contributed by atoms with van der Waals surface area (Å²) in [6, 6.07) is 15.7. The van der Waals surface area contributed by atoms with Gasteiger partial charge in [-0.3, -0.25) is 9.63 Å². The number of para-hydroxylation sites is 1. The minimum absolute atomic E-state index is 0.174. The highest BCUT2D eigenvalue weighted by Gasteiger charge is 2.18. The number of carbonyl (C=O) groups is 1. The molecule has 2 rings (SSSR count). The van der Waals surface area contributed by atoms with Crippen LogP contribution in [0.25, 0.3) is 0 Å². The molecule has 0 spiro atoms. The topological polar surface area (TPSA) is 32.8 Å². The van der Waals surface area contributed by atoms with Crippen LogP contribution in [0.3, 0.4) is 0 Å². The van der Waals surface area contributed by atoms with Crippen LogP contribution in [0, 0.1) is 6.92 Å². The molecule has 2 aromatic carbocycles. The molecule has 0 unspecified atom stereocenters. The predicted octanol–water partition coefficient (Wildman–Crippen LogP) is 3.40. The Labute approximate surface area is 125 Å². The lowest BCUT2D eigenvalue weighted by molar-refractivity contribution is -0.0756. The summed E-state index contributed by atoms with van der Waals surface area (Å²) in [6.07, 6.45) is 0. The van der Waals surface area contributed by atoms with Crippen LogP contribution in [0.1, 0.15) is 15.9 Å². The maximum Gasteiger partial charge on any atom is 0.279 e. The number of aryl methyl sites for hydroxylation is 1. The quantitative estimate of drug-likeness (QED) is 0.807. The highest BCUT2D eigenvalue weighted by molar-refractivity contribution is 5.99. The molecule has 0 radical (unpaired) electrons. The van der Waals surface area contributed by atoms with E-state index in [9.17, 15) is 4.79 Å². The Morgan fingerprint density at radius 3 is 2.24 bits per heavy atom. The van der Waals surface area contributed by atoms with Gasteiger partial charge in [-0.1, -0.05) is 29.8 Å². The average molecular weight is 284 g/mol. The molecule has 0 aliphatic heterocycles. The van der Waals surface area contributed by atoms with Crippen molar-refractivity contribution in [3.05, 3.63) is 59.7 Å². The second-order valence-electron chi connectivity index (χ2n) is 4.90. The molecule has 110 valence electrons. The molecule has 0 heterocycles. The Morgan fingerprint density at radius 1 is 1.00 bits per heavy atom. The molecule has 0 bridgehead atoms. The maximum atomic E-state index is 12.4. The lowest BCUT2D eigenvalue weighted by atomic mass is 10.1. The number of anilines is 2. The second-order valence-corrected chi connectivity index (χ2v) is 4.90. The summed E-state index contributed by atoms with van der Waals surface area (Å²) in [6.45, 7) is 2.05. The third kappa shape index (κ3) is 3.23. The number of amides is 1. The molecular weight excluding hydrogens is 264 g/mol. The van der Waals surface area contributed by atoms with Gasteiger partial charge in [0, 0.05) is 19.8 Å². The zero-order valence-corrected chi connectivity index (χ0v) is 12.8. The summed E-state index contributed by atoms with van der Waals surface area (Å²) in [7, 11) is 5.03. The molecule has 2 aromatic rings. The summed E-state index contributed by atoms with van der Waals surface area (Å²) < 4.78 is 0. The first-order valence-electron chi connectivity index (χ1n) is 6.76. The number of hydroxylamine groups is 2. The average Bonchev–Trinajstić information content (AvgIpc) is 2.53. The van der Waals surface area contributed by atoms with E-state index in [0.29, 0.717) is 5.56 Å². The van der Waals surface area contributed by atoms with Gasteiger partial charge in [0.25, 0.3) is 5.91 Å². The Hall–Kier alpha value is -2.33. The number of rotatable bonds is 4. The summed E-state index contributed by atoms with van der Waals surface area (Å²) in [5, 5.41) is 1.22. The predicted molar refractivity (Wildman–Crippen MR) is 84.8 cm³/mol. The molecule has 4 heteroatoms. The van der Waals surface area contributed by atoms with Gasteiger partial charge in [0.2, 0.25) is 0 Å². The van der Waals surface area contributed by atoms with Crippen LogP contribution in [0.4, 0.5) is 11.4 Å². The SMILES string of the molecule is CON(C)C(=O)c1ccccc1N(C)c1ccc(C)cc1. The number of nitrogens with zero attached hydrogens (tertiary/aromatic N) is 2. The highest BCUT2D eigenvalue weighted by Crippen LogP contribution is 2.27. The maximum absolute atomic E-state index is 12.4. The summed E-state index contributed by atoms with van der Waals surface area (Å²) >= 11 is 0. The summed E-state index contributed by atoms with van der Waals surface area (Å²) in [5.74, 6) is -0.174. The number of carbonyl (C=O) groups excluding carboxylic acids is 1. The van der Waals surface area contributed by atoms with Crippen molar-refractivity contribution in [2.75, 3.05) is 26.1 Å². The standard InChI is InChI=1S/C17H20N2O2/c1-13-9-11-14(12-10-13)18(2)16-8-6-5-7-15(16)17(20)19(3)21-4/h5-12H,1-4H3. The van der Waals surface area contributed by atoms with Gasteiger partial charge in [-0.15, -0.1) is 0 Å². The van der Waals surface area contributed by atoms with E-state index in [-0.39, 0.29) is 5.91 Å². The van der Waals surface area contributed by atoms with Crippen LogP contribution >= 0.6 is 0 Å². The first-order valence-corrected chi connectivity index (χ1v) is 6.76. The fourth-order valence-corrected chi connectivity index (χ4v) is 2.11. The number of benzene rings is 2. The van der Waals surface area contributed by atoms with E-state index in [1.165, 1.54) is 17.7 Å². The lowest BCUT2D eigenvalue weighted by Gasteiger charge is -2.24. The van der Waals surface area contributed by atoms with E-state index in [0.717, 1.165) is 11.4 Å². The highest BCUT2D eigenvalue weighted by atomic mass is 16.7. The van der Waals surface area contributed by atoms with E-state index < -0.39 is 0 Å². The smallest absolute Gasteiger partial charge is 0.279 e.